The van der Waals surface area contributed by atoms with Crippen LogP contribution in [0, 0.1) is 0 Å². The molecule has 1 saturated heterocycles. The first-order valence-electron chi connectivity index (χ1n) is 6.87. The fourth-order valence-electron chi connectivity index (χ4n) is 2.59. The average molecular weight is 270 g/mol. The minimum absolute atomic E-state index is 0.0575. The number of imidazole rings is 1. The van der Waals surface area contributed by atoms with E-state index in [0.29, 0.717) is 12.1 Å². The van der Waals surface area contributed by atoms with E-state index in [1.807, 2.05) is 39.9 Å². The summed E-state index contributed by atoms with van der Waals surface area (Å²) in [7, 11) is 0. The van der Waals surface area contributed by atoms with Gasteiger partial charge in [0.1, 0.15) is 0 Å². The van der Waals surface area contributed by atoms with Gasteiger partial charge in [-0.2, -0.15) is 0 Å². The largest absolute Gasteiger partial charge is 0.337 e. The number of carbonyl (C=O) groups is 1. The standard InChI is InChI=1S/C15H18N4O/c16-13-4-2-7-18(10-13)15(20)12-3-1-5-14(9-12)19-8-6-17-11-19/h1,3,5-6,8-9,11,13H,2,4,7,10,16H2. The van der Waals surface area contributed by atoms with E-state index in [1.54, 1.807) is 12.5 Å². The Morgan fingerprint density at radius 3 is 3.05 bits per heavy atom. The van der Waals surface area contributed by atoms with Gasteiger partial charge in [0.25, 0.3) is 5.91 Å². The van der Waals surface area contributed by atoms with Crippen LogP contribution in [-0.2, 0) is 0 Å². The fourth-order valence-corrected chi connectivity index (χ4v) is 2.59. The Morgan fingerprint density at radius 2 is 2.30 bits per heavy atom. The van der Waals surface area contributed by atoms with Crippen molar-refractivity contribution in [2.24, 2.45) is 5.73 Å². The summed E-state index contributed by atoms with van der Waals surface area (Å²) in [5.41, 5.74) is 7.58. The van der Waals surface area contributed by atoms with Crippen LogP contribution >= 0.6 is 0 Å². The Kier molecular flexibility index (Phi) is 3.52. The molecule has 5 heteroatoms. The minimum atomic E-state index is 0.0575. The Morgan fingerprint density at radius 1 is 1.40 bits per heavy atom. The Labute approximate surface area is 118 Å². The van der Waals surface area contributed by atoms with Crippen LogP contribution in [0.3, 0.4) is 0 Å². The van der Waals surface area contributed by atoms with E-state index in [1.165, 1.54) is 0 Å². The Bertz CT molecular complexity index is 594. The highest BCUT2D eigenvalue weighted by molar-refractivity contribution is 5.94. The number of hydrogen-bond acceptors (Lipinski definition) is 3. The second kappa shape index (κ2) is 5.46. The molecule has 2 heterocycles. The molecule has 104 valence electrons. The van der Waals surface area contributed by atoms with Crippen LogP contribution in [0.1, 0.15) is 23.2 Å². The lowest BCUT2D eigenvalue weighted by Gasteiger charge is -2.30. The monoisotopic (exact) mass is 270 g/mol. The number of benzene rings is 1. The number of piperidine rings is 1. The molecule has 2 N–H and O–H groups in total. The molecule has 1 aliphatic heterocycles. The van der Waals surface area contributed by atoms with E-state index >= 15 is 0 Å². The quantitative estimate of drug-likeness (QED) is 0.898. The maximum Gasteiger partial charge on any atom is 0.253 e. The van der Waals surface area contributed by atoms with Crippen LogP contribution in [0.5, 0.6) is 0 Å². The first-order valence-corrected chi connectivity index (χ1v) is 6.87. The van der Waals surface area contributed by atoms with Crippen molar-refractivity contribution < 1.29 is 4.79 Å². The number of likely N-dealkylation sites (tertiary alicyclic amines) is 1. The summed E-state index contributed by atoms with van der Waals surface area (Å²) in [6.45, 7) is 1.44. The lowest BCUT2D eigenvalue weighted by molar-refractivity contribution is 0.0709. The fraction of sp³-hybridized carbons (Fsp3) is 0.333. The molecule has 1 amide bonds. The van der Waals surface area contributed by atoms with Gasteiger partial charge in [0.05, 0.1) is 6.33 Å². The molecule has 1 aromatic carbocycles. The molecule has 1 aromatic heterocycles. The van der Waals surface area contributed by atoms with E-state index in [9.17, 15) is 4.79 Å². The van der Waals surface area contributed by atoms with E-state index in [0.717, 1.165) is 25.1 Å². The Balaban J connectivity index is 1.83. The Hall–Kier alpha value is -2.14. The van der Waals surface area contributed by atoms with Gasteiger partial charge in [0.15, 0.2) is 0 Å². The first kappa shape index (κ1) is 12.9. The topological polar surface area (TPSA) is 64.2 Å². The number of hydrogen-bond donors (Lipinski definition) is 1. The summed E-state index contributed by atoms with van der Waals surface area (Å²) in [6, 6.07) is 7.70. The predicted molar refractivity (Wildman–Crippen MR) is 76.7 cm³/mol. The van der Waals surface area contributed by atoms with Gasteiger partial charge in [-0.3, -0.25) is 4.79 Å². The van der Waals surface area contributed by atoms with Crippen molar-refractivity contribution >= 4 is 5.91 Å². The average Bonchev–Trinajstić information content (AvgIpc) is 3.01. The zero-order chi connectivity index (χ0) is 13.9. The van der Waals surface area contributed by atoms with Crippen LogP contribution in [0.25, 0.3) is 5.69 Å². The van der Waals surface area contributed by atoms with Crippen LogP contribution in [0.15, 0.2) is 43.0 Å². The normalized spacial score (nSPS) is 19.1. The van der Waals surface area contributed by atoms with Crippen molar-refractivity contribution in [2.75, 3.05) is 13.1 Å². The number of nitrogens with zero attached hydrogens (tertiary/aromatic N) is 3. The van der Waals surface area contributed by atoms with Crippen molar-refractivity contribution in [2.45, 2.75) is 18.9 Å². The zero-order valence-electron chi connectivity index (χ0n) is 11.3. The molecule has 0 saturated carbocycles. The molecule has 0 aliphatic carbocycles. The van der Waals surface area contributed by atoms with Gasteiger partial charge in [0, 0.05) is 42.8 Å². The molecule has 3 rings (SSSR count). The third-order valence-electron chi connectivity index (χ3n) is 3.64. The van der Waals surface area contributed by atoms with Crippen molar-refractivity contribution in [3.8, 4) is 5.69 Å². The number of nitrogens with two attached hydrogens (primary N) is 1. The van der Waals surface area contributed by atoms with Crippen LogP contribution in [0.4, 0.5) is 0 Å². The summed E-state index contributed by atoms with van der Waals surface area (Å²) in [5, 5.41) is 0. The summed E-state index contributed by atoms with van der Waals surface area (Å²) >= 11 is 0. The summed E-state index contributed by atoms with van der Waals surface area (Å²) < 4.78 is 1.89. The van der Waals surface area contributed by atoms with Gasteiger partial charge in [-0.15, -0.1) is 0 Å². The molecule has 1 aliphatic rings. The van der Waals surface area contributed by atoms with Crippen LogP contribution in [-0.4, -0.2) is 39.5 Å². The molecular weight excluding hydrogens is 252 g/mol. The molecule has 1 fully saturated rings. The molecule has 0 radical (unpaired) electrons. The highest BCUT2D eigenvalue weighted by Crippen LogP contribution is 2.15. The number of amides is 1. The van der Waals surface area contributed by atoms with Gasteiger partial charge < -0.3 is 15.2 Å². The van der Waals surface area contributed by atoms with Gasteiger partial charge in [-0.1, -0.05) is 6.07 Å². The molecule has 1 unspecified atom stereocenters. The van der Waals surface area contributed by atoms with Crippen LogP contribution < -0.4 is 5.73 Å². The lowest BCUT2D eigenvalue weighted by atomic mass is 10.1. The highest BCUT2D eigenvalue weighted by Gasteiger charge is 2.22. The zero-order valence-corrected chi connectivity index (χ0v) is 11.3. The van der Waals surface area contributed by atoms with Crippen molar-refractivity contribution in [3.05, 3.63) is 48.5 Å². The SMILES string of the molecule is NC1CCCN(C(=O)c2cccc(-n3ccnc3)c2)C1. The van der Waals surface area contributed by atoms with Gasteiger partial charge in [0.2, 0.25) is 0 Å². The number of aromatic nitrogens is 2. The molecule has 1 atom stereocenters. The first-order chi connectivity index (χ1) is 9.74. The predicted octanol–water partition coefficient (Wildman–Crippen LogP) is 1.44. The molecule has 5 nitrogen and oxygen atoms in total. The van der Waals surface area contributed by atoms with Crippen molar-refractivity contribution in [1.82, 2.24) is 14.5 Å². The molecule has 0 spiro atoms. The summed E-state index contributed by atoms with van der Waals surface area (Å²) in [4.78, 5) is 18.4. The van der Waals surface area contributed by atoms with E-state index in [-0.39, 0.29) is 11.9 Å². The molecule has 20 heavy (non-hydrogen) atoms. The summed E-state index contributed by atoms with van der Waals surface area (Å²) in [6.07, 6.45) is 7.28. The van der Waals surface area contributed by atoms with Gasteiger partial charge >= 0.3 is 0 Å². The molecule has 2 aromatic rings. The number of carbonyl (C=O) groups excluding carboxylic acids is 1. The maximum absolute atomic E-state index is 12.5. The third kappa shape index (κ3) is 2.58. The van der Waals surface area contributed by atoms with Crippen LogP contribution in [0.2, 0.25) is 0 Å². The molecule has 0 bridgehead atoms. The molecular formula is C15H18N4O. The maximum atomic E-state index is 12.5. The second-order valence-electron chi connectivity index (χ2n) is 5.17. The third-order valence-corrected chi connectivity index (χ3v) is 3.64. The highest BCUT2D eigenvalue weighted by atomic mass is 16.2. The van der Waals surface area contributed by atoms with E-state index in [4.69, 9.17) is 5.73 Å². The van der Waals surface area contributed by atoms with Crippen molar-refractivity contribution in [1.29, 1.82) is 0 Å². The number of rotatable bonds is 2. The smallest absolute Gasteiger partial charge is 0.253 e. The second-order valence-corrected chi connectivity index (χ2v) is 5.17. The van der Waals surface area contributed by atoms with Crippen molar-refractivity contribution in [3.63, 3.8) is 0 Å². The van der Waals surface area contributed by atoms with E-state index < -0.39 is 0 Å². The lowest BCUT2D eigenvalue weighted by Crippen LogP contribution is -2.45. The summed E-state index contributed by atoms with van der Waals surface area (Å²) in [5.74, 6) is 0.0575. The van der Waals surface area contributed by atoms with Gasteiger partial charge in [-0.25, -0.2) is 4.98 Å². The van der Waals surface area contributed by atoms with E-state index in [2.05, 4.69) is 4.98 Å². The van der Waals surface area contributed by atoms with Gasteiger partial charge in [-0.05, 0) is 31.0 Å². The minimum Gasteiger partial charge on any atom is -0.337 e.